The molecule has 1 unspecified atom stereocenters. The van der Waals surface area contributed by atoms with Gasteiger partial charge >= 0.3 is 0 Å². The molecular weight excluding hydrogens is 324 g/mol. The Morgan fingerprint density at radius 1 is 1.29 bits per heavy atom. The van der Waals surface area contributed by atoms with Crippen LogP contribution in [-0.4, -0.2) is 33.3 Å². The fourth-order valence-corrected chi connectivity index (χ4v) is 3.15. The van der Waals surface area contributed by atoms with Gasteiger partial charge in [0.2, 0.25) is 0 Å². The number of hydrogen-bond acceptors (Lipinski definition) is 5. The van der Waals surface area contributed by atoms with Crippen LogP contribution in [0.3, 0.4) is 0 Å². The van der Waals surface area contributed by atoms with Crippen LogP contribution in [0.25, 0.3) is 10.9 Å². The SMILES string of the molecule is CC(=O)C(C)Sc1nc2ccccc2c(=O)n1CCCOC(C)C. The van der Waals surface area contributed by atoms with E-state index in [2.05, 4.69) is 4.98 Å². The Morgan fingerprint density at radius 2 is 2.00 bits per heavy atom. The Labute approximate surface area is 146 Å². The van der Waals surface area contributed by atoms with Crippen molar-refractivity contribution in [2.24, 2.45) is 0 Å². The summed E-state index contributed by atoms with van der Waals surface area (Å²) in [4.78, 5) is 29.0. The monoisotopic (exact) mass is 348 g/mol. The Bertz CT molecular complexity index is 770. The first kappa shape index (κ1) is 18.7. The Balaban J connectivity index is 2.34. The van der Waals surface area contributed by atoms with Gasteiger partial charge in [-0.3, -0.25) is 14.2 Å². The minimum Gasteiger partial charge on any atom is -0.379 e. The van der Waals surface area contributed by atoms with Gasteiger partial charge in [-0.2, -0.15) is 0 Å². The third-order valence-corrected chi connectivity index (χ3v) is 4.87. The number of ketones is 1. The molecule has 0 N–H and O–H groups in total. The van der Waals surface area contributed by atoms with E-state index in [-0.39, 0.29) is 22.7 Å². The van der Waals surface area contributed by atoms with Crippen molar-refractivity contribution < 1.29 is 9.53 Å². The van der Waals surface area contributed by atoms with E-state index in [4.69, 9.17) is 4.74 Å². The molecule has 0 spiro atoms. The fourth-order valence-electron chi connectivity index (χ4n) is 2.22. The van der Waals surface area contributed by atoms with Gasteiger partial charge in [0.25, 0.3) is 5.56 Å². The summed E-state index contributed by atoms with van der Waals surface area (Å²) in [6, 6.07) is 7.31. The van der Waals surface area contributed by atoms with Gasteiger partial charge in [-0.05, 0) is 46.2 Å². The highest BCUT2D eigenvalue weighted by molar-refractivity contribution is 8.00. The molecule has 0 amide bonds. The Morgan fingerprint density at radius 3 is 2.67 bits per heavy atom. The van der Waals surface area contributed by atoms with Gasteiger partial charge < -0.3 is 4.74 Å². The molecule has 1 atom stereocenters. The average molecular weight is 348 g/mol. The molecule has 1 heterocycles. The van der Waals surface area contributed by atoms with Crippen LogP contribution in [0, 0.1) is 0 Å². The van der Waals surface area contributed by atoms with Crippen LogP contribution in [0.4, 0.5) is 0 Å². The van der Waals surface area contributed by atoms with Crippen molar-refractivity contribution in [3.8, 4) is 0 Å². The zero-order valence-corrected chi connectivity index (χ0v) is 15.4. The van der Waals surface area contributed by atoms with Crippen molar-refractivity contribution >= 4 is 28.4 Å². The minimum absolute atomic E-state index is 0.0663. The molecule has 5 nitrogen and oxygen atoms in total. The van der Waals surface area contributed by atoms with E-state index in [9.17, 15) is 9.59 Å². The quantitative estimate of drug-likeness (QED) is 0.416. The van der Waals surface area contributed by atoms with Gasteiger partial charge in [0, 0.05) is 13.2 Å². The molecule has 0 aliphatic heterocycles. The van der Waals surface area contributed by atoms with E-state index >= 15 is 0 Å². The van der Waals surface area contributed by atoms with Gasteiger partial charge in [0.1, 0.15) is 5.78 Å². The zero-order chi connectivity index (χ0) is 17.7. The van der Waals surface area contributed by atoms with Gasteiger partial charge in [-0.15, -0.1) is 0 Å². The molecule has 2 aromatic rings. The standard InChI is InChI=1S/C18H24N2O3S/c1-12(2)23-11-7-10-20-17(22)15-8-5-6-9-16(15)19-18(20)24-14(4)13(3)21/h5-6,8-9,12,14H,7,10-11H2,1-4H3. The largest absolute Gasteiger partial charge is 0.379 e. The van der Waals surface area contributed by atoms with E-state index in [1.807, 2.05) is 39.0 Å². The molecule has 1 aromatic heterocycles. The molecule has 130 valence electrons. The number of carbonyl (C=O) groups excluding carboxylic acids is 1. The maximum absolute atomic E-state index is 12.8. The second kappa shape index (κ2) is 8.44. The number of hydrogen-bond donors (Lipinski definition) is 0. The highest BCUT2D eigenvalue weighted by Crippen LogP contribution is 2.23. The van der Waals surface area contributed by atoms with Crippen LogP contribution in [0.2, 0.25) is 0 Å². The highest BCUT2D eigenvalue weighted by Gasteiger charge is 2.16. The van der Waals surface area contributed by atoms with E-state index in [1.165, 1.54) is 11.8 Å². The molecule has 0 bridgehead atoms. The van der Waals surface area contributed by atoms with Crippen molar-refractivity contribution in [1.29, 1.82) is 0 Å². The minimum atomic E-state index is -0.240. The van der Waals surface area contributed by atoms with E-state index in [0.29, 0.717) is 29.2 Å². The lowest BCUT2D eigenvalue weighted by Crippen LogP contribution is -2.25. The van der Waals surface area contributed by atoms with E-state index in [1.54, 1.807) is 17.6 Å². The number of thioether (sulfide) groups is 1. The summed E-state index contributed by atoms with van der Waals surface area (Å²) < 4.78 is 7.22. The third kappa shape index (κ3) is 4.68. The van der Waals surface area contributed by atoms with E-state index < -0.39 is 0 Å². The maximum atomic E-state index is 12.8. The zero-order valence-electron chi connectivity index (χ0n) is 14.6. The molecular formula is C18H24N2O3S. The Hall–Kier alpha value is -1.66. The first-order valence-corrected chi connectivity index (χ1v) is 9.06. The second-order valence-corrected chi connectivity index (χ2v) is 7.32. The molecule has 6 heteroatoms. The topological polar surface area (TPSA) is 61.2 Å². The fraction of sp³-hybridized carbons (Fsp3) is 0.500. The summed E-state index contributed by atoms with van der Waals surface area (Å²) in [6.07, 6.45) is 0.892. The number of Topliss-reactive ketones (excluding diaryl/α,β-unsaturated/α-hetero) is 1. The molecule has 1 aromatic carbocycles. The van der Waals surface area contributed by atoms with Crippen LogP contribution in [0.5, 0.6) is 0 Å². The molecule has 0 saturated heterocycles. The summed E-state index contributed by atoms with van der Waals surface area (Å²) >= 11 is 1.33. The van der Waals surface area contributed by atoms with Gasteiger partial charge in [0.05, 0.1) is 22.3 Å². The number of aromatic nitrogens is 2. The summed E-state index contributed by atoms with van der Waals surface area (Å²) in [6.45, 7) is 8.47. The molecule has 24 heavy (non-hydrogen) atoms. The maximum Gasteiger partial charge on any atom is 0.262 e. The lowest BCUT2D eigenvalue weighted by Gasteiger charge is -2.15. The molecule has 0 aliphatic rings. The third-order valence-electron chi connectivity index (χ3n) is 3.66. The number of benzene rings is 1. The van der Waals surface area contributed by atoms with Crippen molar-refractivity contribution in [3.05, 3.63) is 34.6 Å². The summed E-state index contributed by atoms with van der Waals surface area (Å²) in [5, 5.41) is 0.948. The van der Waals surface area contributed by atoms with Crippen LogP contribution >= 0.6 is 11.8 Å². The number of ether oxygens (including phenoxy) is 1. The van der Waals surface area contributed by atoms with Crippen molar-refractivity contribution in [2.75, 3.05) is 6.61 Å². The first-order valence-electron chi connectivity index (χ1n) is 8.18. The Kier molecular flexibility index (Phi) is 6.57. The predicted molar refractivity (Wildman–Crippen MR) is 97.7 cm³/mol. The van der Waals surface area contributed by atoms with Crippen LogP contribution < -0.4 is 5.56 Å². The van der Waals surface area contributed by atoms with Crippen molar-refractivity contribution in [2.45, 2.75) is 57.2 Å². The lowest BCUT2D eigenvalue weighted by atomic mass is 10.2. The van der Waals surface area contributed by atoms with Gasteiger partial charge in [0.15, 0.2) is 5.16 Å². The van der Waals surface area contributed by atoms with Gasteiger partial charge in [-0.25, -0.2) is 4.98 Å². The molecule has 0 fully saturated rings. The average Bonchev–Trinajstić information content (AvgIpc) is 2.53. The molecule has 0 radical (unpaired) electrons. The second-order valence-electron chi connectivity index (χ2n) is 6.01. The normalized spacial score (nSPS) is 12.7. The summed E-state index contributed by atoms with van der Waals surface area (Å²) in [5.74, 6) is 0.0668. The summed E-state index contributed by atoms with van der Waals surface area (Å²) in [5.41, 5.74) is 0.596. The summed E-state index contributed by atoms with van der Waals surface area (Å²) in [7, 11) is 0. The predicted octanol–water partition coefficient (Wildman–Crippen LogP) is 3.28. The lowest BCUT2D eigenvalue weighted by molar-refractivity contribution is -0.116. The van der Waals surface area contributed by atoms with Crippen LogP contribution in [-0.2, 0) is 16.1 Å². The van der Waals surface area contributed by atoms with Crippen molar-refractivity contribution in [3.63, 3.8) is 0 Å². The first-order chi connectivity index (χ1) is 11.4. The number of rotatable bonds is 8. The van der Waals surface area contributed by atoms with Crippen LogP contribution in [0.15, 0.2) is 34.2 Å². The highest BCUT2D eigenvalue weighted by atomic mass is 32.2. The number of carbonyl (C=O) groups is 1. The van der Waals surface area contributed by atoms with Crippen molar-refractivity contribution in [1.82, 2.24) is 9.55 Å². The number of nitrogens with zero attached hydrogens (tertiary/aromatic N) is 2. The molecule has 2 rings (SSSR count). The smallest absolute Gasteiger partial charge is 0.262 e. The molecule has 0 saturated carbocycles. The van der Waals surface area contributed by atoms with Crippen LogP contribution in [0.1, 0.15) is 34.1 Å². The number of para-hydroxylation sites is 1. The molecule has 0 aliphatic carbocycles. The van der Waals surface area contributed by atoms with E-state index in [0.717, 1.165) is 6.42 Å². The van der Waals surface area contributed by atoms with Gasteiger partial charge in [-0.1, -0.05) is 23.9 Å². The number of fused-ring (bicyclic) bond motifs is 1.